The molecular weight excluding hydrogens is 491 g/mol. The molecule has 2 rings (SSSR count). The van der Waals surface area contributed by atoms with E-state index < -0.39 is 44.5 Å². The fraction of sp³-hybridized carbons (Fsp3) is 0.667. The van der Waals surface area contributed by atoms with Gasteiger partial charge in [-0.05, 0) is 27.3 Å². The van der Waals surface area contributed by atoms with Crippen molar-refractivity contribution in [2.45, 2.75) is 23.9 Å². The van der Waals surface area contributed by atoms with Crippen LogP contribution in [0.25, 0.3) is 0 Å². The monoisotopic (exact) mass is 508 g/mol. The van der Waals surface area contributed by atoms with Crippen LogP contribution in [0.5, 0.6) is 0 Å². The van der Waals surface area contributed by atoms with Crippen LogP contribution in [-0.2, 0) is 13.8 Å². The van der Waals surface area contributed by atoms with E-state index in [4.69, 9.17) is 9.63 Å². The first-order chi connectivity index (χ1) is 11.8. The highest BCUT2D eigenvalue weighted by molar-refractivity contribution is 14.2. The molecule has 0 aliphatic carbocycles. The minimum absolute atomic E-state index is 0.136. The van der Waals surface area contributed by atoms with E-state index in [2.05, 4.69) is 14.8 Å². The molecule has 0 saturated carbocycles. The van der Waals surface area contributed by atoms with Crippen molar-refractivity contribution < 1.29 is 28.2 Å². The number of nitrogens with one attached hydrogen (secondary N) is 1. The summed E-state index contributed by atoms with van der Waals surface area (Å²) in [6.07, 6.45) is -2.13. The summed E-state index contributed by atoms with van der Waals surface area (Å²) in [5.41, 5.74) is -2.17. The van der Waals surface area contributed by atoms with E-state index >= 15 is 0 Å². The highest BCUT2D eigenvalue weighted by Crippen LogP contribution is 2.38. The molecule has 0 radical (unpaired) electrons. The third kappa shape index (κ3) is 4.67. The molecule has 0 spiro atoms. The van der Waals surface area contributed by atoms with Gasteiger partial charge in [0.15, 0.2) is 6.17 Å². The van der Waals surface area contributed by atoms with E-state index in [0.717, 1.165) is 4.57 Å². The van der Waals surface area contributed by atoms with Crippen LogP contribution in [0.4, 0.5) is 10.2 Å². The molecule has 1 saturated heterocycles. The molecule has 13 heteroatoms. The molecule has 25 heavy (non-hydrogen) atoms. The Hall–Kier alpha value is -0.370. The number of ether oxygens (including phenoxy) is 1. The molecular formula is C12H17FIN3O6PS+. The lowest BCUT2D eigenvalue weighted by atomic mass is 9.89. The van der Waals surface area contributed by atoms with Crippen LogP contribution < -0.4 is 11.0 Å². The number of hydrogen-bond acceptors (Lipinski definition) is 8. The van der Waals surface area contributed by atoms with Crippen molar-refractivity contribution in [1.29, 1.82) is 0 Å². The van der Waals surface area contributed by atoms with Crippen LogP contribution in [0, 0.1) is 0 Å². The van der Waals surface area contributed by atoms with Gasteiger partial charge in [0.25, 0.3) is 0 Å². The van der Waals surface area contributed by atoms with Crippen molar-refractivity contribution in [3.8, 4) is 0 Å². The standard InChI is InChI=1S/C12H16FIN3O6PS/c1-15-8-2-3-17(11(19)16-8)7-4-22-12(6-25-14,5-23-24(20)21)10(18)9(7)13/h2-3,7,9-10,18H,4-6H2,1H3,(H-,15,16,19,20,21)/p+1. The van der Waals surface area contributed by atoms with E-state index in [0.29, 0.717) is 5.82 Å². The van der Waals surface area contributed by atoms with E-state index in [1.165, 1.54) is 21.2 Å². The van der Waals surface area contributed by atoms with Crippen molar-refractivity contribution in [2.24, 2.45) is 0 Å². The van der Waals surface area contributed by atoms with Gasteiger partial charge in [-0.1, -0.05) is 8.93 Å². The summed E-state index contributed by atoms with van der Waals surface area (Å²) in [5, 5.41) is 13.1. The summed E-state index contributed by atoms with van der Waals surface area (Å²) in [7, 11) is -0.0752. The second-order valence-electron chi connectivity index (χ2n) is 5.35. The molecule has 1 aliphatic heterocycles. The maximum atomic E-state index is 14.9. The summed E-state index contributed by atoms with van der Waals surface area (Å²) < 4.78 is 37.0. The van der Waals surface area contributed by atoms with Gasteiger partial charge in [0.2, 0.25) is 0 Å². The Kier molecular flexibility index (Phi) is 7.55. The van der Waals surface area contributed by atoms with Crippen LogP contribution in [0.15, 0.2) is 17.1 Å². The summed E-state index contributed by atoms with van der Waals surface area (Å²) >= 11 is 1.94. The third-order valence-corrected chi connectivity index (χ3v) is 5.79. The van der Waals surface area contributed by atoms with Gasteiger partial charge in [0.1, 0.15) is 24.1 Å². The van der Waals surface area contributed by atoms with Crippen molar-refractivity contribution >= 4 is 44.2 Å². The normalized spacial score (nSPS) is 30.1. The Morgan fingerprint density at radius 1 is 1.72 bits per heavy atom. The molecule has 3 N–H and O–H groups in total. The molecule has 0 bridgehead atoms. The molecule has 9 nitrogen and oxygen atoms in total. The van der Waals surface area contributed by atoms with E-state index in [1.807, 2.05) is 21.2 Å². The quantitative estimate of drug-likeness (QED) is 0.367. The number of anilines is 1. The van der Waals surface area contributed by atoms with Crippen molar-refractivity contribution in [3.05, 3.63) is 22.7 Å². The smallest absolute Gasteiger partial charge is 0.387 e. The second kappa shape index (κ2) is 9.02. The van der Waals surface area contributed by atoms with E-state index in [9.17, 15) is 18.9 Å². The van der Waals surface area contributed by atoms with Gasteiger partial charge >= 0.3 is 13.9 Å². The van der Waals surface area contributed by atoms with Gasteiger partial charge in [-0.25, -0.2) is 9.18 Å². The topological polar surface area (TPSA) is 123 Å². The zero-order valence-corrected chi connectivity index (χ0v) is 16.9. The average Bonchev–Trinajstić information content (AvgIpc) is 2.58. The Morgan fingerprint density at radius 2 is 2.44 bits per heavy atom. The van der Waals surface area contributed by atoms with Crippen LogP contribution in [0.2, 0.25) is 0 Å². The molecule has 0 aromatic carbocycles. The van der Waals surface area contributed by atoms with Gasteiger partial charge in [0.05, 0.1) is 12.6 Å². The Labute approximate surface area is 159 Å². The lowest BCUT2D eigenvalue weighted by molar-refractivity contribution is -0.200. The van der Waals surface area contributed by atoms with Crippen molar-refractivity contribution in [2.75, 3.05) is 31.3 Å². The van der Waals surface area contributed by atoms with Gasteiger partial charge in [-0.3, -0.25) is 4.57 Å². The summed E-state index contributed by atoms with van der Waals surface area (Å²) in [4.78, 5) is 24.6. The van der Waals surface area contributed by atoms with Gasteiger partial charge in [-0.15, -0.1) is 9.42 Å². The van der Waals surface area contributed by atoms with E-state index in [-0.39, 0.29) is 12.4 Å². The van der Waals surface area contributed by atoms with Crippen LogP contribution in [0.3, 0.4) is 0 Å². The fourth-order valence-electron chi connectivity index (χ4n) is 2.52. The first kappa shape index (κ1) is 20.9. The zero-order valence-electron chi connectivity index (χ0n) is 13.0. The Balaban J connectivity index is 2.25. The molecule has 1 aliphatic rings. The minimum Gasteiger partial charge on any atom is -0.387 e. The maximum Gasteiger partial charge on any atom is 0.694 e. The van der Waals surface area contributed by atoms with Crippen LogP contribution >= 0.6 is 38.4 Å². The molecule has 0 amide bonds. The Bertz CT molecular complexity index is 684. The third-order valence-electron chi connectivity index (χ3n) is 3.91. The fourth-order valence-corrected chi connectivity index (χ4v) is 4.95. The van der Waals surface area contributed by atoms with Crippen molar-refractivity contribution in [3.63, 3.8) is 0 Å². The molecule has 1 fully saturated rings. The molecule has 2 heterocycles. The van der Waals surface area contributed by atoms with Crippen molar-refractivity contribution in [1.82, 2.24) is 9.55 Å². The average molecular weight is 508 g/mol. The number of halogens is 2. The van der Waals surface area contributed by atoms with Crippen LogP contribution in [0.1, 0.15) is 6.04 Å². The second-order valence-corrected chi connectivity index (χ2v) is 8.46. The summed E-state index contributed by atoms with van der Waals surface area (Å²) in [6.45, 7) is -0.670. The van der Waals surface area contributed by atoms with Gasteiger partial charge in [0, 0.05) is 23.6 Å². The molecule has 140 valence electrons. The van der Waals surface area contributed by atoms with E-state index in [1.54, 1.807) is 7.05 Å². The number of aliphatic hydroxyl groups excluding tert-OH is 1. The zero-order chi connectivity index (χ0) is 18.6. The summed E-state index contributed by atoms with van der Waals surface area (Å²) in [5.74, 6) is 0.474. The predicted octanol–water partition coefficient (Wildman–Crippen LogP) is 1.04. The lowest BCUT2D eigenvalue weighted by Gasteiger charge is -2.44. The maximum absolute atomic E-state index is 14.9. The minimum atomic E-state index is -2.91. The number of hydrogen-bond donors (Lipinski definition) is 3. The molecule has 1 aromatic heterocycles. The Morgan fingerprint density at radius 3 is 3.00 bits per heavy atom. The number of aliphatic hydroxyl groups is 1. The number of alkyl halides is 1. The SMILES string of the molecule is CNc1ccn(C2COC(CO[P+](=O)O)(CSI)C(O)C2F)c(=O)n1. The highest BCUT2D eigenvalue weighted by atomic mass is 127. The first-order valence-corrected chi connectivity index (χ1v) is 11.8. The van der Waals surface area contributed by atoms with Crippen LogP contribution in [-0.4, -0.2) is 63.4 Å². The number of nitrogens with zero attached hydrogens (tertiary/aromatic N) is 2. The largest absolute Gasteiger partial charge is 0.694 e. The molecule has 5 atom stereocenters. The highest BCUT2D eigenvalue weighted by Gasteiger charge is 2.53. The number of rotatable bonds is 7. The number of aromatic nitrogens is 2. The van der Waals surface area contributed by atoms with Gasteiger partial charge in [-0.2, -0.15) is 4.98 Å². The lowest BCUT2D eigenvalue weighted by Crippen LogP contribution is -2.61. The molecule has 1 aromatic rings. The van der Waals surface area contributed by atoms with Gasteiger partial charge < -0.3 is 15.2 Å². The molecule has 5 unspecified atom stereocenters. The summed E-state index contributed by atoms with van der Waals surface area (Å²) in [6, 6.07) is 0.430. The predicted molar refractivity (Wildman–Crippen MR) is 98.9 cm³/mol. The first-order valence-electron chi connectivity index (χ1n) is 7.10.